The van der Waals surface area contributed by atoms with E-state index in [1.165, 1.54) is 17.7 Å². The monoisotopic (exact) mass is 281 g/mol. The van der Waals surface area contributed by atoms with Crippen LogP contribution in [0.2, 0.25) is 0 Å². The molecule has 2 N–H and O–H groups in total. The molecule has 0 aliphatic heterocycles. The van der Waals surface area contributed by atoms with Gasteiger partial charge in [-0.05, 0) is 43.2 Å². The van der Waals surface area contributed by atoms with E-state index in [9.17, 15) is 0 Å². The molecule has 1 rings (SSSR count). The number of hydrogen-bond acceptors (Lipinski definition) is 3. The Morgan fingerprint density at radius 2 is 1.74 bits per heavy atom. The summed E-state index contributed by atoms with van der Waals surface area (Å²) in [6.07, 6.45) is 1.45. The lowest BCUT2D eigenvalue weighted by Gasteiger charge is -2.15. The third-order valence-corrected chi connectivity index (χ3v) is 4.48. The molecule has 108 valence electrons. The summed E-state index contributed by atoms with van der Waals surface area (Å²) in [7, 11) is 0. The minimum absolute atomic E-state index is 0.113. The van der Waals surface area contributed by atoms with E-state index in [-0.39, 0.29) is 12.1 Å². The van der Waals surface area contributed by atoms with Gasteiger partial charge in [-0.1, -0.05) is 32.4 Å². The van der Waals surface area contributed by atoms with Gasteiger partial charge in [-0.15, -0.1) is 0 Å². The first kappa shape index (κ1) is 16.4. The largest absolute Gasteiger partial charge is 0.491 e. The molecule has 2 atom stereocenters. The van der Waals surface area contributed by atoms with Crippen LogP contribution in [0.3, 0.4) is 0 Å². The van der Waals surface area contributed by atoms with Gasteiger partial charge in [0.1, 0.15) is 5.75 Å². The van der Waals surface area contributed by atoms with E-state index in [1.807, 2.05) is 37.7 Å². The van der Waals surface area contributed by atoms with Crippen molar-refractivity contribution < 1.29 is 4.74 Å². The highest BCUT2D eigenvalue weighted by Crippen LogP contribution is 2.21. The molecule has 0 saturated carbocycles. The third-order valence-electron chi connectivity index (χ3n) is 3.08. The summed E-state index contributed by atoms with van der Waals surface area (Å²) >= 11 is 1.95. The lowest BCUT2D eigenvalue weighted by atomic mass is 10.1. The zero-order valence-electron chi connectivity index (χ0n) is 12.6. The summed E-state index contributed by atoms with van der Waals surface area (Å²) in [6, 6.07) is 8.28. The summed E-state index contributed by atoms with van der Waals surface area (Å²) in [4.78, 5) is 0. The van der Waals surface area contributed by atoms with Gasteiger partial charge in [-0.25, -0.2) is 0 Å². The van der Waals surface area contributed by atoms with Gasteiger partial charge in [0.05, 0.1) is 6.10 Å². The maximum Gasteiger partial charge on any atom is 0.119 e. The average molecular weight is 281 g/mol. The molecule has 19 heavy (non-hydrogen) atoms. The molecule has 0 aliphatic rings. The molecule has 0 bridgehead atoms. The molecule has 0 saturated heterocycles. The molecule has 0 amide bonds. The topological polar surface area (TPSA) is 35.2 Å². The Hall–Kier alpha value is -0.670. The Morgan fingerprint density at radius 3 is 2.26 bits per heavy atom. The van der Waals surface area contributed by atoms with Crippen LogP contribution < -0.4 is 10.5 Å². The Labute approximate surface area is 122 Å². The Morgan fingerprint density at radius 1 is 1.11 bits per heavy atom. The van der Waals surface area contributed by atoms with Crippen LogP contribution in [-0.2, 0) is 0 Å². The van der Waals surface area contributed by atoms with E-state index < -0.39 is 0 Å². The average Bonchev–Trinajstić information content (AvgIpc) is 2.38. The zero-order valence-corrected chi connectivity index (χ0v) is 13.4. The van der Waals surface area contributed by atoms with Gasteiger partial charge in [-0.3, -0.25) is 0 Å². The second kappa shape index (κ2) is 8.49. The highest BCUT2D eigenvalue weighted by atomic mass is 32.2. The maximum atomic E-state index is 6.21. The molecule has 2 unspecified atom stereocenters. The highest BCUT2D eigenvalue weighted by molar-refractivity contribution is 7.99. The van der Waals surface area contributed by atoms with Crippen LogP contribution in [0, 0.1) is 5.92 Å². The first-order valence-electron chi connectivity index (χ1n) is 7.12. The highest BCUT2D eigenvalue weighted by Gasteiger charge is 2.08. The Kier molecular flexibility index (Phi) is 7.32. The summed E-state index contributed by atoms with van der Waals surface area (Å²) < 4.78 is 5.63. The normalized spacial score (nSPS) is 14.4. The van der Waals surface area contributed by atoms with Crippen molar-refractivity contribution in [2.24, 2.45) is 11.7 Å². The number of benzene rings is 1. The van der Waals surface area contributed by atoms with Gasteiger partial charge in [0.15, 0.2) is 0 Å². The molecular weight excluding hydrogens is 254 g/mol. The molecule has 0 aliphatic carbocycles. The van der Waals surface area contributed by atoms with Crippen LogP contribution in [-0.4, -0.2) is 17.6 Å². The number of ether oxygens (including phenoxy) is 1. The van der Waals surface area contributed by atoms with Crippen molar-refractivity contribution in [3.05, 3.63) is 29.8 Å². The summed E-state index contributed by atoms with van der Waals surface area (Å²) in [6.45, 7) is 8.59. The van der Waals surface area contributed by atoms with Crippen molar-refractivity contribution in [2.45, 2.75) is 46.3 Å². The molecule has 2 nitrogen and oxygen atoms in total. The molecule has 0 heterocycles. The minimum Gasteiger partial charge on any atom is -0.491 e. The van der Waals surface area contributed by atoms with Gasteiger partial charge in [0.25, 0.3) is 0 Å². The van der Waals surface area contributed by atoms with Crippen molar-refractivity contribution in [3.8, 4) is 5.75 Å². The summed E-state index contributed by atoms with van der Waals surface area (Å²) in [5, 5.41) is 0. The van der Waals surface area contributed by atoms with E-state index in [0.717, 1.165) is 17.4 Å². The second-order valence-corrected chi connectivity index (χ2v) is 6.47. The SMILES string of the molecule is CCC(C)CSCC(N)c1ccc(OC(C)C)cc1. The maximum absolute atomic E-state index is 6.21. The van der Waals surface area contributed by atoms with Crippen molar-refractivity contribution in [2.75, 3.05) is 11.5 Å². The standard InChI is InChI=1S/C16H27NOS/c1-5-13(4)10-19-11-16(17)14-6-8-15(9-7-14)18-12(2)3/h6-9,12-13,16H,5,10-11,17H2,1-4H3. The fourth-order valence-electron chi connectivity index (χ4n) is 1.68. The van der Waals surface area contributed by atoms with Crippen molar-refractivity contribution >= 4 is 11.8 Å². The fourth-order valence-corrected chi connectivity index (χ4v) is 2.90. The zero-order chi connectivity index (χ0) is 14.3. The molecule has 0 spiro atoms. The number of nitrogens with two attached hydrogens (primary N) is 1. The first-order chi connectivity index (χ1) is 9.02. The van der Waals surface area contributed by atoms with Crippen LogP contribution in [0.1, 0.15) is 45.7 Å². The number of thioether (sulfide) groups is 1. The van der Waals surface area contributed by atoms with Crippen molar-refractivity contribution in [1.82, 2.24) is 0 Å². The van der Waals surface area contributed by atoms with E-state index in [2.05, 4.69) is 26.0 Å². The van der Waals surface area contributed by atoms with E-state index in [4.69, 9.17) is 10.5 Å². The van der Waals surface area contributed by atoms with Crippen LogP contribution >= 0.6 is 11.8 Å². The third kappa shape index (κ3) is 6.35. The molecule has 0 radical (unpaired) electrons. The molecule has 0 aromatic heterocycles. The first-order valence-corrected chi connectivity index (χ1v) is 8.28. The van der Waals surface area contributed by atoms with Gasteiger partial charge in [0.2, 0.25) is 0 Å². The summed E-state index contributed by atoms with van der Waals surface area (Å²) in [5.74, 6) is 3.87. The molecular formula is C16H27NOS. The Balaban J connectivity index is 2.42. The molecule has 0 fully saturated rings. The lowest BCUT2D eigenvalue weighted by molar-refractivity contribution is 0.242. The van der Waals surface area contributed by atoms with E-state index in [0.29, 0.717) is 0 Å². The predicted octanol–water partition coefficient (Wildman–Crippen LogP) is 4.25. The van der Waals surface area contributed by atoms with E-state index in [1.54, 1.807) is 0 Å². The van der Waals surface area contributed by atoms with Crippen LogP contribution in [0.15, 0.2) is 24.3 Å². The minimum atomic E-state index is 0.113. The predicted molar refractivity (Wildman–Crippen MR) is 85.9 cm³/mol. The second-order valence-electron chi connectivity index (χ2n) is 5.39. The summed E-state index contributed by atoms with van der Waals surface area (Å²) in [5.41, 5.74) is 7.40. The smallest absolute Gasteiger partial charge is 0.119 e. The van der Waals surface area contributed by atoms with Crippen molar-refractivity contribution in [1.29, 1.82) is 0 Å². The van der Waals surface area contributed by atoms with Crippen LogP contribution in [0.5, 0.6) is 5.75 Å². The van der Waals surface area contributed by atoms with E-state index >= 15 is 0 Å². The van der Waals surface area contributed by atoms with Gasteiger partial charge < -0.3 is 10.5 Å². The quantitative estimate of drug-likeness (QED) is 0.773. The lowest BCUT2D eigenvalue weighted by Crippen LogP contribution is -2.14. The molecule has 1 aromatic carbocycles. The van der Waals surface area contributed by atoms with Crippen LogP contribution in [0.4, 0.5) is 0 Å². The van der Waals surface area contributed by atoms with Crippen LogP contribution in [0.25, 0.3) is 0 Å². The van der Waals surface area contributed by atoms with Gasteiger partial charge in [0, 0.05) is 11.8 Å². The van der Waals surface area contributed by atoms with Gasteiger partial charge in [-0.2, -0.15) is 11.8 Å². The number of hydrogen-bond donors (Lipinski definition) is 1. The Bertz CT molecular complexity index is 350. The molecule has 1 aromatic rings. The number of rotatable bonds is 8. The fraction of sp³-hybridized carbons (Fsp3) is 0.625. The molecule has 3 heteroatoms. The van der Waals surface area contributed by atoms with Gasteiger partial charge >= 0.3 is 0 Å². The van der Waals surface area contributed by atoms with Crippen molar-refractivity contribution in [3.63, 3.8) is 0 Å².